The second-order valence-electron chi connectivity index (χ2n) is 5.96. The summed E-state index contributed by atoms with van der Waals surface area (Å²) >= 11 is 0. The van der Waals surface area contributed by atoms with Gasteiger partial charge >= 0.3 is 6.18 Å². The van der Waals surface area contributed by atoms with Crippen LogP contribution in [-0.4, -0.2) is 30.7 Å². The van der Waals surface area contributed by atoms with E-state index in [1.807, 2.05) is 0 Å². The molecule has 4 aromatic rings. The maximum absolute atomic E-state index is 13.5. The molecule has 0 aliphatic carbocycles. The minimum atomic E-state index is -4.65. The van der Waals surface area contributed by atoms with Crippen molar-refractivity contribution in [3.05, 3.63) is 66.5 Å². The van der Waals surface area contributed by atoms with Gasteiger partial charge in [0.2, 0.25) is 5.91 Å². The highest BCUT2D eigenvalue weighted by molar-refractivity contribution is 5.92. The summed E-state index contributed by atoms with van der Waals surface area (Å²) in [6.45, 7) is -0.265. The van der Waals surface area contributed by atoms with E-state index in [1.54, 1.807) is 30.3 Å². The minimum Gasteiger partial charge on any atom is -0.324 e. The Morgan fingerprint density at radius 1 is 1.11 bits per heavy atom. The standard InChI is InChI=1S/C18H13F3N6O/c19-18(20,21)13-10-12(26-9-3-8-22-26)6-7-14(13)23-17(28)11-27-16-5-2-1-4-15(16)24-25-27/h1-10H,11H2,(H,23,28). The molecule has 4 rings (SSSR count). The Kier molecular flexibility index (Phi) is 4.30. The van der Waals surface area contributed by atoms with Crippen molar-refractivity contribution in [3.8, 4) is 5.69 Å². The molecule has 0 saturated heterocycles. The highest BCUT2D eigenvalue weighted by Gasteiger charge is 2.34. The molecule has 28 heavy (non-hydrogen) atoms. The first-order valence-corrected chi connectivity index (χ1v) is 8.21. The van der Waals surface area contributed by atoms with Gasteiger partial charge in [-0.3, -0.25) is 4.79 Å². The topological polar surface area (TPSA) is 77.6 Å². The number of benzene rings is 2. The molecule has 0 unspecified atom stereocenters. The number of nitrogens with zero attached hydrogens (tertiary/aromatic N) is 5. The van der Waals surface area contributed by atoms with E-state index in [2.05, 4.69) is 20.7 Å². The van der Waals surface area contributed by atoms with Gasteiger partial charge in [0.15, 0.2) is 0 Å². The molecule has 0 aliphatic rings. The van der Waals surface area contributed by atoms with Crippen molar-refractivity contribution >= 4 is 22.6 Å². The molecule has 7 nitrogen and oxygen atoms in total. The van der Waals surface area contributed by atoms with Gasteiger partial charge in [-0.05, 0) is 36.4 Å². The van der Waals surface area contributed by atoms with Crippen molar-refractivity contribution in [2.75, 3.05) is 5.32 Å². The molecule has 10 heteroatoms. The zero-order chi connectivity index (χ0) is 19.7. The van der Waals surface area contributed by atoms with Gasteiger partial charge < -0.3 is 5.32 Å². The summed E-state index contributed by atoms with van der Waals surface area (Å²) in [4.78, 5) is 12.3. The molecular formula is C18H13F3N6O. The van der Waals surface area contributed by atoms with Crippen LogP contribution in [0.5, 0.6) is 0 Å². The summed E-state index contributed by atoms with van der Waals surface area (Å²) in [6.07, 6.45) is -1.65. The van der Waals surface area contributed by atoms with Gasteiger partial charge in [-0.1, -0.05) is 17.3 Å². The fourth-order valence-corrected chi connectivity index (χ4v) is 2.80. The molecule has 0 aliphatic heterocycles. The summed E-state index contributed by atoms with van der Waals surface area (Å²) in [5.41, 5.74) is 0.144. The van der Waals surface area contributed by atoms with Crippen LogP contribution in [0.2, 0.25) is 0 Å². The van der Waals surface area contributed by atoms with E-state index in [-0.39, 0.29) is 17.9 Å². The van der Waals surface area contributed by atoms with E-state index in [1.165, 1.54) is 33.9 Å². The fourth-order valence-electron chi connectivity index (χ4n) is 2.80. The van der Waals surface area contributed by atoms with Crippen LogP contribution in [0.1, 0.15) is 5.56 Å². The second kappa shape index (κ2) is 6.80. The average molecular weight is 386 g/mol. The molecule has 0 fully saturated rings. The van der Waals surface area contributed by atoms with Crippen molar-refractivity contribution < 1.29 is 18.0 Å². The molecule has 2 aromatic carbocycles. The Bertz CT molecular complexity index is 1130. The van der Waals surface area contributed by atoms with Crippen LogP contribution in [-0.2, 0) is 17.5 Å². The molecule has 1 N–H and O–H groups in total. The molecule has 0 spiro atoms. The molecule has 0 bridgehead atoms. The highest BCUT2D eigenvalue weighted by Crippen LogP contribution is 2.36. The number of aromatic nitrogens is 5. The smallest absolute Gasteiger partial charge is 0.324 e. The van der Waals surface area contributed by atoms with Crippen LogP contribution in [0, 0.1) is 0 Å². The van der Waals surface area contributed by atoms with Crippen molar-refractivity contribution in [1.29, 1.82) is 0 Å². The Labute approximate surface area is 156 Å². The molecule has 2 heterocycles. The monoisotopic (exact) mass is 386 g/mol. The molecule has 2 aromatic heterocycles. The van der Waals surface area contributed by atoms with Gasteiger partial charge in [0.05, 0.1) is 22.5 Å². The Balaban J connectivity index is 1.60. The zero-order valence-corrected chi connectivity index (χ0v) is 14.3. The van der Waals surface area contributed by atoms with Gasteiger partial charge in [-0.25, -0.2) is 9.36 Å². The lowest BCUT2D eigenvalue weighted by atomic mass is 10.1. The number of alkyl halides is 3. The Morgan fingerprint density at radius 3 is 2.68 bits per heavy atom. The van der Waals surface area contributed by atoms with Crippen LogP contribution in [0.3, 0.4) is 0 Å². The van der Waals surface area contributed by atoms with Gasteiger partial charge in [-0.2, -0.15) is 18.3 Å². The van der Waals surface area contributed by atoms with Crippen molar-refractivity contribution in [2.45, 2.75) is 12.7 Å². The number of carbonyl (C=O) groups is 1. The van der Waals surface area contributed by atoms with Crippen LogP contribution in [0.15, 0.2) is 60.9 Å². The van der Waals surface area contributed by atoms with Gasteiger partial charge in [0, 0.05) is 12.4 Å². The van der Waals surface area contributed by atoms with Crippen LogP contribution >= 0.6 is 0 Å². The highest BCUT2D eigenvalue weighted by atomic mass is 19.4. The van der Waals surface area contributed by atoms with E-state index in [9.17, 15) is 18.0 Å². The molecular weight excluding hydrogens is 373 g/mol. The third-order valence-electron chi connectivity index (χ3n) is 4.07. The van der Waals surface area contributed by atoms with Crippen LogP contribution in [0.25, 0.3) is 16.7 Å². The second-order valence-corrected chi connectivity index (χ2v) is 5.96. The number of nitrogens with one attached hydrogen (secondary N) is 1. The summed E-state index contributed by atoms with van der Waals surface area (Å²) in [5.74, 6) is -0.645. The first-order chi connectivity index (χ1) is 13.4. The van der Waals surface area contributed by atoms with E-state index in [0.717, 1.165) is 6.07 Å². The summed E-state index contributed by atoms with van der Waals surface area (Å²) < 4.78 is 43.1. The predicted molar refractivity (Wildman–Crippen MR) is 94.7 cm³/mol. The number of amides is 1. The number of hydrogen-bond donors (Lipinski definition) is 1. The lowest BCUT2D eigenvalue weighted by Crippen LogP contribution is -2.22. The molecule has 0 radical (unpaired) electrons. The van der Waals surface area contributed by atoms with Gasteiger partial charge in [0.1, 0.15) is 12.1 Å². The third-order valence-corrected chi connectivity index (χ3v) is 4.07. The van der Waals surface area contributed by atoms with Gasteiger partial charge in [0.25, 0.3) is 0 Å². The minimum absolute atomic E-state index is 0.234. The first-order valence-electron chi connectivity index (χ1n) is 8.21. The fraction of sp³-hybridized carbons (Fsp3) is 0.111. The number of hydrogen-bond acceptors (Lipinski definition) is 4. The Morgan fingerprint density at radius 2 is 1.93 bits per heavy atom. The molecule has 0 saturated carbocycles. The average Bonchev–Trinajstić information content (AvgIpc) is 3.32. The summed E-state index contributed by atoms with van der Waals surface area (Å²) in [5, 5.41) is 14.0. The van der Waals surface area contributed by atoms with E-state index < -0.39 is 17.6 Å². The lowest BCUT2D eigenvalue weighted by Gasteiger charge is -2.15. The third kappa shape index (κ3) is 3.43. The number of fused-ring (bicyclic) bond motifs is 1. The van der Waals surface area contributed by atoms with Gasteiger partial charge in [-0.15, -0.1) is 5.10 Å². The Hall–Kier alpha value is -3.69. The molecule has 1 amide bonds. The molecule has 142 valence electrons. The number of carbonyl (C=O) groups excluding carboxylic acids is 1. The zero-order valence-electron chi connectivity index (χ0n) is 14.3. The van der Waals surface area contributed by atoms with Crippen molar-refractivity contribution in [3.63, 3.8) is 0 Å². The first kappa shape index (κ1) is 17.7. The maximum atomic E-state index is 13.5. The number of rotatable bonds is 4. The van der Waals surface area contributed by atoms with E-state index in [0.29, 0.717) is 11.0 Å². The number of halogens is 3. The lowest BCUT2D eigenvalue weighted by molar-refractivity contribution is -0.137. The summed E-state index contributed by atoms with van der Waals surface area (Å²) in [6, 6.07) is 12.2. The van der Waals surface area contributed by atoms with Crippen molar-refractivity contribution in [1.82, 2.24) is 24.8 Å². The SMILES string of the molecule is O=C(Cn1nnc2ccccc21)Nc1ccc(-n2cccn2)cc1C(F)(F)F. The van der Waals surface area contributed by atoms with E-state index >= 15 is 0 Å². The largest absolute Gasteiger partial charge is 0.418 e. The normalized spacial score (nSPS) is 11.7. The van der Waals surface area contributed by atoms with Crippen LogP contribution in [0.4, 0.5) is 18.9 Å². The number of anilines is 1. The van der Waals surface area contributed by atoms with Crippen LogP contribution < -0.4 is 5.32 Å². The quantitative estimate of drug-likeness (QED) is 0.584. The van der Waals surface area contributed by atoms with E-state index in [4.69, 9.17) is 0 Å². The maximum Gasteiger partial charge on any atom is 0.418 e. The van der Waals surface area contributed by atoms with Crippen molar-refractivity contribution in [2.24, 2.45) is 0 Å². The summed E-state index contributed by atoms with van der Waals surface area (Å²) in [7, 11) is 0. The molecule has 0 atom stereocenters. The number of para-hydroxylation sites is 1. The predicted octanol–water partition coefficient (Wildman–Crippen LogP) is 3.27.